The van der Waals surface area contributed by atoms with Crippen molar-refractivity contribution < 1.29 is 28.5 Å². The minimum Gasteiger partial charge on any atom is -0.496 e. The van der Waals surface area contributed by atoms with E-state index in [9.17, 15) is 9.59 Å². The molecule has 3 aromatic rings. The number of carbonyl (C=O) groups excluding carboxylic acids is 2. The van der Waals surface area contributed by atoms with Crippen molar-refractivity contribution in [2.75, 3.05) is 39.1 Å². The highest BCUT2D eigenvalue weighted by Gasteiger charge is 2.28. The SMILES string of the molecule is COC(=O)c1ccc(NC(=O)c2c(NCc3cc(OC)c(OC)cc3OC)sc3c2CCC(C)C3)cc1. The number of nitrogens with one attached hydrogen (secondary N) is 2. The molecular formula is C28H32N2O6S. The highest BCUT2D eigenvalue weighted by Crippen LogP contribution is 2.41. The molecule has 1 atom stereocenters. The Hall–Kier alpha value is -3.72. The van der Waals surface area contributed by atoms with E-state index >= 15 is 0 Å². The van der Waals surface area contributed by atoms with Gasteiger partial charge in [0.05, 0.1) is 39.6 Å². The van der Waals surface area contributed by atoms with Crippen LogP contribution in [0.2, 0.25) is 0 Å². The van der Waals surface area contributed by atoms with Crippen molar-refractivity contribution in [3.63, 3.8) is 0 Å². The first-order valence-corrected chi connectivity index (χ1v) is 12.9. The Balaban J connectivity index is 1.62. The van der Waals surface area contributed by atoms with Gasteiger partial charge in [0.1, 0.15) is 10.8 Å². The molecule has 196 valence electrons. The topological polar surface area (TPSA) is 95.1 Å². The Bertz CT molecular complexity index is 1280. The lowest BCUT2D eigenvalue weighted by atomic mass is 9.88. The van der Waals surface area contributed by atoms with Crippen molar-refractivity contribution in [3.8, 4) is 17.2 Å². The molecule has 37 heavy (non-hydrogen) atoms. The highest BCUT2D eigenvalue weighted by molar-refractivity contribution is 7.16. The van der Waals surface area contributed by atoms with Crippen LogP contribution in [0.25, 0.3) is 0 Å². The van der Waals surface area contributed by atoms with Crippen molar-refractivity contribution in [2.24, 2.45) is 5.92 Å². The fraction of sp³-hybridized carbons (Fsp3) is 0.357. The average molecular weight is 525 g/mol. The molecule has 0 spiro atoms. The van der Waals surface area contributed by atoms with Gasteiger partial charge in [0.25, 0.3) is 5.91 Å². The highest BCUT2D eigenvalue weighted by atomic mass is 32.1. The Morgan fingerprint density at radius 3 is 2.30 bits per heavy atom. The van der Waals surface area contributed by atoms with Gasteiger partial charge in [-0.1, -0.05) is 6.92 Å². The predicted octanol–water partition coefficient (Wildman–Crippen LogP) is 5.55. The molecule has 8 nitrogen and oxygen atoms in total. The second-order valence-electron chi connectivity index (χ2n) is 8.95. The number of anilines is 2. The molecule has 1 aliphatic carbocycles. The number of rotatable bonds is 9. The van der Waals surface area contributed by atoms with Crippen LogP contribution in [0.4, 0.5) is 10.7 Å². The Morgan fingerprint density at radius 2 is 1.65 bits per heavy atom. The van der Waals surface area contributed by atoms with Gasteiger partial charge in [-0.15, -0.1) is 11.3 Å². The van der Waals surface area contributed by atoms with E-state index in [1.165, 1.54) is 12.0 Å². The summed E-state index contributed by atoms with van der Waals surface area (Å²) in [6, 6.07) is 10.3. The molecule has 1 heterocycles. The van der Waals surface area contributed by atoms with Gasteiger partial charge >= 0.3 is 5.97 Å². The fourth-order valence-corrected chi connectivity index (χ4v) is 5.93. The second-order valence-corrected chi connectivity index (χ2v) is 10.1. The molecule has 1 aromatic heterocycles. The standard InChI is InChI=1S/C28H32N2O6S/c1-16-6-11-20-24(12-16)37-27(29-15-18-13-22(34-3)23(35-4)14-21(18)33-2)25(20)26(31)30-19-9-7-17(8-10-19)28(32)36-5/h7-10,13-14,16,29H,6,11-12,15H2,1-5H3,(H,30,31). The number of thiophene rings is 1. The van der Waals surface area contributed by atoms with E-state index in [-0.39, 0.29) is 5.91 Å². The van der Waals surface area contributed by atoms with Gasteiger partial charge in [-0.2, -0.15) is 0 Å². The molecule has 1 unspecified atom stereocenters. The van der Waals surface area contributed by atoms with E-state index in [1.807, 2.05) is 6.07 Å². The predicted molar refractivity (Wildman–Crippen MR) is 145 cm³/mol. The summed E-state index contributed by atoms with van der Waals surface area (Å²) in [6.45, 7) is 2.68. The largest absolute Gasteiger partial charge is 0.496 e. The minimum atomic E-state index is -0.420. The minimum absolute atomic E-state index is 0.181. The lowest BCUT2D eigenvalue weighted by Gasteiger charge is -2.19. The summed E-state index contributed by atoms with van der Waals surface area (Å²) in [4.78, 5) is 26.5. The van der Waals surface area contributed by atoms with Crippen molar-refractivity contribution in [3.05, 3.63) is 63.5 Å². The molecule has 9 heteroatoms. The lowest BCUT2D eigenvalue weighted by Crippen LogP contribution is -2.18. The van der Waals surface area contributed by atoms with Crippen LogP contribution < -0.4 is 24.8 Å². The van der Waals surface area contributed by atoms with Crippen LogP contribution in [-0.4, -0.2) is 40.3 Å². The van der Waals surface area contributed by atoms with E-state index in [0.717, 1.165) is 35.4 Å². The maximum atomic E-state index is 13.5. The van der Waals surface area contributed by atoms with Crippen LogP contribution in [0, 0.1) is 5.92 Å². The summed E-state index contributed by atoms with van der Waals surface area (Å²) in [7, 11) is 6.13. The van der Waals surface area contributed by atoms with Gasteiger partial charge in [0, 0.05) is 28.7 Å². The first-order chi connectivity index (χ1) is 17.9. The van der Waals surface area contributed by atoms with Gasteiger partial charge in [-0.3, -0.25) is 4.79 Å². The number of esters is 1. The first kappa shape index (κ1) is 26.3. The maximum Gasteiger partial charge on any atom is 0.337 e. The number of benzene rings is 2. The van der Waals surface area contributed by atoms with Gasteiger partial charge in [0.2, 0.25) is 0 Å². The van der Waals surface area contributed by atoms with Crippen molar-refractivity contribution in [2.45, 2.75) is 32.7 Å². The zero-order valence-electron chi connectivity index (χ0n) is 21.7. The van der Waals surface area contributed by atoms with E-state index in [1.54, 1.807) is 63.0 Å². The van der Waals surface area contributed by atoms with E-state index in [0.29, 0.717) is 46.5 Å². The molecule has 2 N–H and O–H groups in total. The lowest BCUT2D eigenvalue weighted by molar-refractivity contribution is 0.0600. The van der Waals surface area contributed by atoms with Crippen LogP contribution in [0.3, 0.4) is 0 Å². The Labute approximate surface area is 220 Å². The molecule has 1 amide bonds. The normalized spacial score (nSPS) is 14.4. The summed E-state index contributed by atoms with van der Waals surface area (Å²) in [6.07, 6.45) is 2.86. The third kappa shape index (κ3) is 5.67. The molecular weight excluding hydrogens is 492 g/mol. The van der Waals surface area contributed by atoms with Crippen molar-refractivity contribution in [1.29, 1.82) is 0 Å². The first-order valence-electron chi connectivity index (χ1n) is 12.1. The molecule has 4 rings (SSSR count). The monoisotopic (exact) mass is 524 g/mol. The average Bonchev–Trinajstić information content (AvgIpc) is 3.28. The smallest absolute Gasteiger partial charge is 0.337 e. The summed E-state index contributed by atoms with van der Waals surface area (Å²) < 4.78 is 21.2. The van der Waals surface area contributed by atoms with E-state index in [2.05, 4.69) is 17.6 Å². The van der Waals surface area contributed by atoms with Crippen LogP contribution in [0.5, 0.6) is 17.2 Å². The molecule has 0 aliphatic heterocycles. The second kappa shape index (κ2) is 11.6. The molecule has 0 fully saturated rings. The van der Waals surface area contributed by atoms with E-state index < -0.39 is 5.97 Å². The zero-order chi connectivity index (χ0) is 26.5. The summed E-state index contributed by atoms with van der Waals surface area (Å²) in [5, 5.41) is 7.30. The van der Waals surface area contributed by atoms with Crippen LogP contribution in [0.15, 0.2) is 36.4 Å². The number of carbonyl (C=O) groups is 2. The van der Waals surface area contributed by atoms with E-state index in [4.69, 9.17) is 18.9 Å². The van der Waals surface area contributed by atoms with Crippen molar-refractivity contribution in [1.82, 2.24) is 0 Å². The summed E-state index contributed by atoms with van der Waals surface area (Å²) >= 11 is 1.63. The number of methoxy groups -OCH3 is 4. The molecule has 0 radical (unpaired) electrons. The molecule has 2 aromatic carbocycles. The quantitative estimate of drug-likeness (QED) is 0.354. The zero-order valence-corrected chi connectivity index (χ0v) is 22.5. The number of amides is 1. The summed E-state index contributed by atoms with van der Waals surface area (Å²) in [5.41, 5.74) is 3.68. The number of fused-ring (bicyclic) bond motifs is 1. The van der Waals surface area contributed by atoms with Gasteiger partial charge < -0.3 is 29.6 Å². The van der Waals surface area contributed by atoms with Gasteiger partial charge in [0.15, 0.2) is 11.5 Å². The third-order valence-corrected chi connectivity index (χ3v) is 7.74. The molecule has 1 aliphatic rings. The number of ether oxygens (including phenoxy) is 4. The van der Waals surface area contributed by atoms with Gasteiger partial charge in [-0.25, -0.2) is 4.79 Å². The maximum absolute atomic E-state index is 13.5. The summed E-state index contributed by atoms with van der Waals surface area (Å²) in [5.74, 6) is 1.83. The van der Waals surface area contributed by atoms with Crippen LogP contribution >= 0.6 is 11.3 Å². The number of hydrogen-bond donors (Lipinski definition) is 2. The van der Waals surface area contributed by atoms with Crippen LogP contribution in [0.1, 0.15) is 50.1 Å². The molecule has 0 saturated carbocycles. The number of hydrogen-bond acceptors (Lipinski definition) is 8. The van der Waals surface area contributed by atoms with Crippen molar-refractivity contribution >= 4 is 33.9 Å². The fourth-order valence-electron chi connectivity index (χ4n) is 4.52. The Morgan fingerprint density at radius 1 is 0.973 bits per heavy atom. The van der Waals surface area contributed by atoms with Gasteiger partial charge in [-0.05, 0) is 61.1 Å². The Kier molecular flexibility index (Phi) is 8.23. The third-order valence-electron chi connectivity index (χ3n) is 6.53. The van der Waals surface area contributed by atoms with Crippen LogP contribution in [-0.2, 0) is 24.1 Å². The molecule has 0 bridgehead atoms. The molecule has 0 saturated heterocycles.